The van der Waals surface area contributed by atoms with Crippen LogP contribution in [0.4, 0.5) is 5.69 Å². The van der Waals surface area contributed by atoms with Gasteiger partial charge < -0.3 is 15.2 Å². The molecule has 0 bridgehead atoms. The monoisotopic (exact) mass is 462 g/mol. The molecule has 1 aliphatic carbocycles. The first-order valence-electron chi connectivity index (χ1n) is 12.3. The van der Waals surface area contributed by atoms with Crippen molar-refractivity contribution in [3.05, 3.63) is 63.8 Å². The van der Waals surface area contributed by atoms with Crippen LogP contribution < -0.4 is 15.8 Å². The van der Waals surface area contributed by atoms with Gasteiger partial charge in [-0.25, -0.2) is 4.98 Å². The summed E-state index contributed by atoms with van der Waals surface area (Å²) in [6.45, 7) is 10.4. The maximum absolute atomic E-state index is 12.1. The minimum absolute atomic E-state index is 0.0304. The number of rotatable bonds is 6. The number of amides is 1. The Kier molecular flexibility index (Phi) is 7.57. The lowest BCUT2D eigenvalue weighted by Gasteiger charge is -2.36. The van der Waals surface area contributed by atoms with E-state index in [2.05, 4.69) is 30.1 Å². The van der Waals surface area contributed by atoms with E-state index in [1.807, 2.05) is 51.2 Å². The molecule has 4 heterocycles. The fourth-order valence-electron chi connectivity index (χ4n) is 4.13. The quantitative estimate of drug-likeness (QED) is 0.585. The van der Waals surface area contributed by atoms with E-state index in [1.165, 1.54) is 0 Å². The molecule has 2 N–H and O–H groups in total. The smallest absolute Gasteiger partial charge is 0.270 e. The number of anilines is 1. The van der Waals surface area contributed by atoms with Crippen LogP contribution in [-0.4, -0.2) is 58.0 Å². The molecule has 0 atom stereocenters. The van der Waals surface area contributed by atoms with Gasteiger partial charge in [0.2, 0.25) is 0 Å². The largest absolute Gasteiger partial charge is 0.368 e. The minimum atomic E-state index is -0.0832. The van der Waals surface area contributed by atoms with Crippen molar-refractivity contribution >= 4 is 22.6 Å². The van der Waals surface area contributed by atoms with Crippen LogP contribution in [0.5, 0.6) is 0 Å². The average molecular weight is 463 g/mol. The number of nitrogens with zero attached hydrogens (tertiary/aromatic N) is 4. The highest BCUT2D eigenvalue weighted by atomic mass is 16.2. The Morgan fingerprint density at radius 1 is 1.09 bits per heavy atom. The Morgan fingerprint density at radius 2 is 1.85 bits per heavy atom. The van der Waals surface area contributed by atoms with Crippen molar-refractivity contribution in [2.45, 2.75) is 52.6 Å². The van der Waals surface area contributed by atoms with Crippen LogP contribution in [0.15, 0.2) is 41.5 Å². The lowest BCUT2D eigenvalue weighted by Crippen LogP contribution is -2.46. The number of carbonyl (C=O) groups excluding carboxylic acids is 1. The van der Waals surface area contributed by atoms with Gasteiger partial charge in [0.1, 0.15) is 5.69 Å². The highest BCUT2D eigenvalue weighted by Crippen LogP contribution is 2.20. The molecular weight excluding hydrogens is 428 g/mol. The van der Waals surface area contributed by atoms with E-state index in [0.717, 1.165) is 73.4 Å². The molecule has 8 heteroatoms. The first kappa shape index (κ1) is 23.9. The molecule has 0 unspecified atom stereocenters. The number of aromatic amines is 1. The highest BCUT2D eigenvalue weighted by molar-refractivity contribution is 5.92. The van der Waals surface area contributed by atoms with Crippen molar-refractivity contribution in [2.24, 2.45) is 0 Å². The molecule has 8 nitrogen and oxygen atoms in total. The molecule has 1 aliphatic heterocycles. The first-order valence-corrected chi connectivity index (χ1v) is 12.3. The van der Waals surface area contributed by atoms with E-state index < -0.39 is 0 Å². The van der Waals surface area contributed by atoms with Crippen LogP contribution >= 0.6 is 0 Å². The lowest BCUT2D eigenvalue weighted by molar-refractivity contribution is 0.0946. The van der Waals surface area contributed by atoms with Gasteiger partial charge in [0.25, 0.3) is 11.5 Å². The average Bonchev–Trinajstić information content (AvgIpc) is 3.69. The minimum Gasteiger partial charge on any atom is -0.368 e. The fraction of sp³-hybridized carbons (Fsp3) is 0.462. The summed E-state index contributed by atoms with van der Waals surface area (Å²) < 4.78 is 0. The lowest BCUT2D eigenvalue weighted by atomic mass is 10.1. The molecule has 3 aromatic rings. The summed E-state index contributed by atoms with van der Waals surface area (Å²) in [5.74, 6) is -0.0832. The number of aryl methyl sites for hydroxylation is 1. The van der Waals surface area contributed by atoms with E-state index in [-0.39, 0.29) is 11.5 Å². The molecule has 2 fully saturated rings. The summed E-state index contributed by atoms with van der Waals surface area (Å²) >= 11 is 0. The molecule has 1 saturated heterocycles. The Labute approximate surface area is 200 Å². The van der Waals surface area contributed by atoms with Crippen LogP contribution in [0.2, 0.25) is 0 Å². The Morgan fingerprint density at radius 3 is 2.50 bits per heavy atom. The molecule has 0 spiro atoms. The van der Waals surface area contributed by atoms with Crippen molar-refractivity contribution < 1.29 is 4.79 Å². The van der Waals surface area contributed by atoms with Gasteiger partial charge in [-0.2, -0.15) is 0 Å². The number of nitrogens with one attached hydrogen (secondary N) is 2. The van der Waals surface area contributed by atoms with E-state index >= 15 is 0 Å². The second kappa shape index (κ2) is 10.8. The Bertz CT molecular complexity index is 1180. The van der Waals surface area contributed by atoms with Crippen LogP contribution in [0.25, 0.3) is 11.0 Å². The molecule has 0 aromatic carbocycles. The molecule has 1 amide bonds. The number of carbonyl (C=O) groups is 1. The second-order valence-electron chi connectivity index (χ2n) is 8.67. The molecule has 0 radical (unpaired) electrons. The summed E-state index contributed by atoms with van der Waals surface area (Å²) in [6, 6.07) is 8.05. The zero-order chi connectivity index (χ0) is 24.1. The Hall–Kier alpha value is -3.26. The zero-order valence-electron chi connectivity index (χ0n) is 20.3. The molecule has 2 aliphatic rings. The molecule has 3 aromatic heterocycles. The summed E-state index contributed by atoms with van der Waals surface area (Å²) in [5, 5.41) is 2.97. The van der Waals surface area contributed by atoms with Gasteiger partial charge in [0, 0.05) is 50.5 Å². The Balaban J connectivity index is 0.00000133. The number of pyridine rings is 3. The van der Waals surface area contributed by atoms with Gasteiger partial charge in [-0.1, -0.05) is 20.8 Å². The number of aromatic nitrogens is 3. The van der Waals surface area contributed by atoms with E-state index in [4.69, 9.17) is 0 Å². The van der Waals surface area contributed by atoms with E-state index in [0.29, 0.717) is 18.2 Å². The van der Waals surface area contributed by atoms with Crippen molar-refractivity contribution in [1.29, 1.82) is 0 Å². The maximum Gasteiger partial charge on any atom is 0.270 e. The maximum atomic E-state index is 12.1. The van der Waals surface area contributed by atoms with Crippen LogP contribution in [-0.2, 0) is 13.0 Å². The van der Waals surface area contributed by atoms with Crippen molar-refractivity contribution in [3.63, 3.8) is 0 Å². The van der Waals surface area contributed by atoms with Gasteiger partial charge in [0.15, 0.2) is 0 Å². The number of hydrogen-bond donors (Lipinski definition) is 2. The molecule has 5 rings (SSSR count). The van der Waals surface area contributed by atoms with Crippen LogP contribution in [0.3, 0.4) is 0 Å². The molecule has 180 valence electrons. The third-order valence-corrected chi connectivity index (χ3v) is 6.24. The van der Waals surface area contributed by atoms with Gasteiger partial charge in [-0.05, 0) is 49.1 Å². The third kappa shape index (κ3) is 5.62. The molecule has 1 saturated carbocycles. The fourth-order valence-corrected chi connectivity index (χ4v) is 4.13. The van der Waals surface area contributed by atoms with Crippen molar-refractivity contribution in [2.75, 3.05) is 31.1 Å². The molecule has 34 heavy (non-hydrogen) atoms. The van der Waals surface area contributed by atoms with Crippen molar-refractivity contribution in [3.8, 4) is 0 Å². The second-order valence-corrected chi connectivity index (χ2v) is 8.67. The normalized spacial score (nSPS) is 16.1. The zero-order valence-corrected chi connectivity index (χ0v) is 20.3. The van der Waals surface area contributed by atoms with Crippen LogP contribution in [0, 0.1) is 0 Å². The summed E-state index contributed by atoms with van der Waals surface area (Å²) in [6.07, 6.45) is 6.54. The van der Waals surface area contributed by atoms with Crippen LogP contribution in [0.1, 0.15) is 55.2 Å². The summed E-state index contributed by atoms with van der Waals surface area (Å²) in [5.41, 5.74) is 4.98. The van der Waals surface area contributed by atoms with Gasteiger partial charge >= 0.3 is 0 Å². The third-order valence-electron chi connectivity index (χ3n) is 6.24. The predicted octanol–water partition coefficient (Wildman–Crippen LogP) is 3.12. The van der Waals surface area contributed by atoms with Crippen molar-refractivity contribution in [1.82, 2.24) is 25.2 Å². The van der Waals surface area contributed by atoms with E-state index in [1.54, 1.807) is 6.20 Å². The summed E-state index contributed by atoms with van der Waals surface area (Å²) in [7, 11) is 0. The highest BCUT2D eigenvalue weighted by Gasteiger charge is 2.24. The van der Waals surface area contributed by atoms with E-state index in [9.17, 15) is 9.59 Å². The van der Waals surface area contributed by atoms with Gasteiger partial charge in [0.05, 0.1) is 22.9 Å². The number of fused-ring (bicyclic) bond motifs is 1. The first-order chi connectivity index (χ1) is 16.6. The standard InChI is InChI=1S/C24H28N6O2.C2H6/c1-2-17-12-21-22(28-23(17)31)11-16(13-25-21)15-29-7-9-30(10-8-29)19-5-6-20(26-14-19)24(32)27-18-3-4-18;1-2/h5-6,11-14,18H,2-4,7-10,15H2,1H3,(H,27,32)(H,28,31);1-2H3. The number of H-pyrrole nitrogens is 1. The number of hydrogen-bond acceptors (Lipinski definition) is 6. The predicted molar refractivity (Wildman–Crippen MR) is 135 cm³/mol. The summed E-state index contributed by atoms with van der Waals surface area (Å²) in [4.78, 5) is 40.8. The van der Waals surface area contributed by atoms with Gasteiger partial charge in [-0.3, -0.25) is 19.5 Å². The molecular formula is C26H34N6O2. The number of piperazine rings is 1. The van der Waals surface area contributed by atoms with Gasteiger partial charge in [-0.15, -0.1) is 0 Å². The SMILES string of the molecule is CC.CCc1cc2ncc(CN3CCN(c4ccc(C(=O)NC5CC5)nc4)CC3)cc2[nH]c1=O. The topological polar surface area (TPSA) is 94.2 Å².